The molecule has 1 N–H and O–H groups in total. The maximum Gasteiger partial charge on any atom is 0.326 e. The molecule has 1 fully saturated rings. The largest absolute Gasteiger partial charge is 0.480 e. The summed E-state index contributed by atoms with van der Waals surface area (Å²) in [5, 5.41) is 17.1. The average molecular weight is 265 g/mol. The monoisotopic (exact) mass is 265 g/mol. The SMILES string of the molecule is CS(=O)(=O)[C@H]1[C@@H](c2ccccc2)[C@@]1(C#N)C(=O)O. The van der Waals surface area contributed by atoms with E-state index in [1.54, 1.807) is 36.4 Å². The van der Waals surface area contributed by atoms with Gasteiger partial charge in [-0.05, 0) is 5.56 Å². The highest BCUT2D eigenvalue weighted by atomic mass is 32.2. The van der Waals surface area contributed by atoms with Gasteiger partial charge in [0.05, 0.1) is 6.07 Å². The molecule has 1 aliphatic rings. The number of aliphatic carboxylic acids is 1. The van der Waals surface area contributed by atoms with E-state index in [2.05, 4.69) is 0 Å². The van der Waals surface area contributed by atoms with Crippen LogP contribution >= 0.6 is 0 Å². The van der Waals surface area contributed by atoms with Crippen LogP contribution in [0.2, 0.25) is 0 Å². The third-order valence-corrected chi connectivity index (χ3v) is 4.86. The summed E-state index contributed by atoms with van der Waals surface area (Å²) in [6.45, 7) is 0. The zero-order valence-electron chi connectivity index (χ0n) is 9.57. The van der Waals surface area contributed by atoms with Crippen molar-refractivity contribution in [1.29, 1.82) is 5.26 Å². The van der Waals surface area contributed by atoms with Crippen molar-refractivity contribution in [2.45, 2.75) is 11.2 Å². The van der Waals surface area contributed by atoms with Gasteiger partial charge in [-0.15, -0.1) is 0 Å². The maximum atomic E-state index is 11.6. The smallest absolute Gasteiger partial charge is 0.326 e. The lowest BCUT2D eigenvalue weighted by atomic mass is 10.0. The third-order valence-electron chi connectivity index (χ3n) is 3.29. The Bertz CT molecular complexity index is 632. The molecule has 3 atom stereocenters. The van der Waals surface area contributed by atoms with Crippen molar-refractivity contribution in [3.8, 4) is 6.07 Å². The molecular weight excluding hydrogens is 254 g/mol. The molecular formula is C12H11NO4S. The standard InChI is InChI=1S/C12H11NO4S/c1-18(16,17)10-9(8-5-3-2-4-6-8)12(10,7-13)11(14)15/h2-6,9-10H,1H3,(H,14,15)/t9-,10+,12-/m1/s1. The number of carboxylic acids is 1. The van der Waals surface area contributed by atoms with Gasteiger partial charge in [0.25, 0.3) is 0 Å². The number of hydrogen-bond acceptors (Lipinski definition) is 4. The molecule has 1 aromatic carbocycles. The predicted octanol–water partition coefficient (Wildman–Crippen LogP) is 0.792. The van der Waals surface area contributed by atoms with Crippen molar-refractivity contribution in [3.63, 3.8) is 0 Å². The first-order valence-corrected chi connectivity index (χ1v) is 7.19. The summed E-state index contributed by atoms with van der Waals surface area (Å²) < 4.78 is 23.3. The minimum absolute atomic E-state index is 0.567. The Morgan fingerprint density at radius 2 is 1.94 bits per heavy atom. The highest BCUT2D eigenvalue weighted by molar-refractivity contribution is 7.91. The van der Waals surface area contributed by atoms with Crippen LogP contribution in [0.1, 0.15) is 11.5 Å². The Hall–Kier alpha value is -1.87. The second-order valence-corrected chi connectivity index (χ2v) is 6.59. The van der Waals surface area contributed by atoms with Crippen molar-refractivity contribution in [2.75, 3.05) is 6.26 Å². The van der Waals surface area contributed by atoms with Crippen LogP contribution in [-0.4, -0.2) is 31.0 Å². The van der Waals surface area contributed by atoms with Crippen molar-refractivity contribution >= 4 is 15.8 Å². The summed E-state index contributed by atoms with van der Waals surface area (Å²) in [5.74, 6) is -2.18. The number of nitrogens with zero attached hydrogens (tertiary/aromatic N) is 1. The number of nitriles is 1. The number of hydrogen-bond donors (Lipinski definition) is 1. The van der Waals surface area contributed by atoms with Crippen LogP contribution in [0.15, 0.2) is 30.3 Å². The molecule has 5 nitrogen and oxygen atoms in total. The summed E-state index contributed by atoms with van der Waals surface area (Å²) in [6, 6.07) is 10.1. The molecule has 94 valence electrons. The highest BCUT2D eigenvalue weighted by Gasteiger charge is 2.76. The minimum Gasteiger partial charge on any atom is -0.480 e. The van der Waals surface area contributed by atoms with E-state index in [1.807, 2.05) is 0 Å². The van der Waals surface area contributed by atoms with E-state index in [4.69, 9.17) is 5.26 Å². The van der Waals surface area contributed by atoms with Crippen LogP contribution < -0.4 is 0 Å². The summed E-state index contributed by atoms with van der Waals surface area (Å²) in [5.41, 5.74) is -1.29. The Morgan fingerprint density at radius 1 is 1.39 bits per heavy atom. The fraction of sp³-hybridized carbons (Fsp3) is 0.333. The summed E-state index contributed by atoms with van der Waals surface area (Å²) >= 11 is 0. The van der Waals surface area contributed by atoms with E-state index in [0.717, 1.165) is 6.26 Å². The third kappa shape index (κ3) is 1.59. The number of sulfone groups is 1. The molecule has 6 heteroatoms. The van der Waals surface area contributed by atoms with Crippen LogP contribution in [-0.2, 0) is 14.6 Å². The van der Waals surface area contributed by atoms with Crippen molar-refractivity contribution < 1.29 is 18.3 Å². The number of rotatable bonds is 3. The second-order valence-electron chi connectivity index (χ2n) is 4.42. The summed E-state index contributed by atoms with van der Waals surface area (Å²) in [7, 11) is -3.60. The maximum absolute atomic E-state index is 11.6. The summed E-state index contributed by atoms with van der Waals surface area (Å²) in [4.78, 5) is 11.3. The molecule has 0 amide bonds. The highest BCUT2D eigenvalue weighted by Crippen LogP contribution is 2.62. The lowest BCUT2D eigenvalue weighted by Crippen LogP contribution is -2.21. The first kappa shape index (κ1) is 12.6. The lowest BCUT2D eigenvalue weighted by molar-refractivity contribution is -0.141. The van der Waals surface area contributed by atoms with Crippen LogP contribution in [0, 0.1) is 16.7 Å². The van der Waals surface area contributed by atoms with Crippen molar-refractivity contribution in [1.82, 2.24) is 0 Å². The molecule has 2 rings (SSSR count). The topological polar surface area (TPSA) is 95.2 Å². The zero-order valence-corrected chi connectivity index (χ0v) is 10.4. The van der Waals surface area contributed by atoms with Gasteiger partial charge in [0, 0.05) is 12.2 Å². The first-order valence-electron chi connectivity index (χ1n) is 5.24. The molecule has 1 aromatic rings. The lowest BCUT2D eigenvalue weighted by Gasteiger charge is -2.01. The Labute approximate surface area is 105 Å². The molecule has 0 spiro atoms. The predicted molar refractivity (Wildman–Crippen MR) is 63.5 cm³/mol. The number of carbonyl (C=O) groups is 1. The molecule has 0 radical (unpaired) electrons. The van der Waals surface area contributed by atoms with Crippen LogP contribution in [0.4, 0.5) is 0 Å². The first-order chi connectivity index (χ1) is 8.35. The molecule has 0 aliphatic heterocycles. The Kier molecular flexibility index (Phi) is 2.67. The molecule has 0 heterocycles. The van der Waals surface area contributed by atoms with Crippen LogP contribution in [0.3, 0.4) is 0 Å². The quantitative estimate of drug-likeness (QED) is 0.871. The molecule has 1 saturated carbocycles. The fourth-order valence-corrected chi connectivity index (χ4v) is 4.24. The molecule has 1 aliphatic carbocycles. The van der Waals surface area contributed by atoms with E-state index >= 15 is 0 Å². The van der Waals surface area contributed by atoms with Gasteiger partial charge in [0.15, 0.2) is 15.3 Å². The van der Waals surface area contributed by atoms with E-state index in [1.165, 1.54) is 0 Å². The van der Waals surface area contributed by atoms with Crippen molar-refractivity contribution in [3.05, 3.63) is 35.9 Å². The fourth-order valence-electron chi connectivity index (χ4n) is 2.47. The molecule has 0 aromatic heterocycles. The Morgan fingerprint density at radius 3 is 2.28 bits per heavy atom. The molecule has 0 bridgehead atoms. The average Bonchev–Trinajstić information content (AvgIpc) is 3.00. The van der Waals surface area contributed by atoms with E-state index < -0.39 is 32.4 Å². The zero-order chi connectivity index (χ0) is 13.6. The summed E-state index contributed by atoms with van der Waals surface area (Å²) in [6.07, 6.45) is 0.968. The van der Waals surface area contributed by atoms with Gasteiger partial charge in [0.1, 0.15) is 5.25 Å². The Balaban J connectivity index is 2.55. The second kappa shape index (κ2) is 3.82. The van der Waals surface area contributed by atoms with Gasteiger partial charge in [-0.3, -0.25) is 4.79 Å². The molecule has 0 saturated heterocycles. The van der Waals surface area contributed by atoms with Gasteiger partial charge in [-0.1, -0.05) is 30.3 Å². The normalized spacial score (nSPS) is 30.4. The minimum atomic E-state index is -3.60. The van der Waals surface area contributed by atoms with Crippen LogP contribution in [0.5, 0.6) is 0 Å². The van der Waals surface area contributed by atoms with Crippen molar-refractivity contribution in [2.24, 2.45) is 5.41 Å². The van der Waals surface area contributed by atoms with Crippen LogP contribution in [0.25, 0.3) is 0 Å². The van der Waals surface area contributed by atoms with Gasteiger partial charge in [0.2, 0.25) is 0 Å². The van der Waals surface area contributed by atoms with Gasteiger partial charge in [-0.25, -0.2) is 8.42 Å². The number of benzene rings is 1. The van der Waals surface area contributed by atoms with Gasteiger partial charge >= 0.3 is 5.97 Å². The molecule has 18 heavy (non-hydrogen) atoms. The van der Waals surface area contributed by atoms with E-state index in [-0.39, 0.29) is 0 Å². The number of carboxylic acid groups (broad SMARTS) is 1. The van der Waals surface area contributed by atoms with E-state index in [0.29, 0.717) is 5.56 Å². The van der Waals surface area contributed by atoms with Gasteiger partial charge < -0.3 is 5.11 Å². The van der Waals surface area contributed by atoms with E-state index in [9.17, 15) is 18.3 Å². The van der Waals surface area contributed by atoms with Gasteiger partial charge in [-0.2, -0.15) is 5.26 Å². The molecule has 0 unspecified atom stereocenters.